The first-order valence-corrected chi connectivity index (χ1v) is 7.86. The van der Waals surface area contributed by atoms with E-state index >= 15 is 0 Å². The largest absolute Gasteiger partial charge is 0.483 e. The van der Waals surface area contributed by atoms with Crippen molar-refractivity contribution in [3.05, 3.63) is 29.8 Å². The van der Waals surface area contributed by atoms with Crippen molar-refractivity contribution in [2.75, 3.05) is 13.2 Å². The van der Waals surface area contributed by atoms with E-state index in [4.69, 9.17) is 10.5 Å². The van der Waals surface area contributed by atoms with Gasteiger partial charge < -0.3 is 15.8 Å². The summed E-state index contributed by atoms with van der Waals surface area (Å²) in [5.74, 6) is 0.0841. The van der Waals surface area contributed by atoms with Crippen molar-refractivity contribution in [3.8, 4) is 5.75 Å². The molecule has 22 heavy (non-hydrogen) atoms. The van der Waals surface area contributed by atoms with Crippen LogP contribution in [0.5, 0.6) is 5.75 Å². The standard InChI is InChI=1S/C17H26N2O3/c1-3-5-8-13(4-2)11-19-16(20)12-22-15-10-7-6-9-14(15)17(18)21/h6-7,9-10,13H,3-5,8,11-12H2,1-2H3,(H2,18,21)(H,19,20)/t13-/m0/s1. The van der Waals surface area contributed by atoms with Gasteiger partial charge in [0.15, 0.2) is 6.61 Å². The summed E-state index contributed by atoms with van der Waals surface area (Å²) in [6, 6.07) is 6.64. The molecule has 0 heterocycles. The van der Waals surface area contributed by atoms with Crippen LogP contribution in [0, 0.1) is 5.92 Å². The van der Waals surface area contributed by atoms with Gasteiger partial charge in [-0.2, -0.15) is 0 Å². The molecule has 2 amide bonds. The van der Waals surface area contributed by atoms with Gasteiger partial charge in [-0.1, -0.05) is 45.2 Å². The molecule has 3 N–H and O–H groups in total. The molecule has 0 aliphatic heterocycles. The van der Waals surface area contributed by atoms with Crippen LogP contribution in [0.2, 0.25) is 0 Å². The summed E-state index contributed by atoms with van der Waals surface area (Å²) in [5.41, 5.74) is 5.55. The molecule has 1 aromatic rings. The first-order chi connectivity index (χ1) is 10.6. The fourth-order valence-electron chi connectivity index (χ4n) is 2.19. The van der Waals surface area contributed by atoms with E-state index in [9.17, 15) is 9.59 Å². The molecule has 1 rings (SSSR count). The molecular formula is C17H26N2O3. The summed E-state index contributed by atoms with van der Waals surface area (Å²) < 4.78 is 5.39. The molecule has 122 valence electrons. The Labute approximate surface area is 132 Å². The van der Waals surface area contributed by atoms with E-state index in [1.165, 1.54) is 6.42 Å². The fraction of sp³-hybridized carbons (Fsp3) is 0.529. The smallest absolute Gasteiger partial charge is 0.257 e. The number of carbonyl (C=O) groups excluding carboxylic acids is 2. The molecule has 0 saturated carbocycles. The second-order valence-corrected chi connectivity index (χ2v) is 5.37. The van der Waals surface area contributed by atoms with Crippen LogP contribution in [0.25, 0.3) is 0 Å². The number of hydrogen-bond donors (Lipinski definition) is 2. The van der Waals surface area contributed by atoms with E-state index in [1.807, 2.05) is 0 Å². The SMILES string of the molecule is CCCC[C@H](CC)CNC(=O)COc1ccccc1C(N)=O. The highest BCUT2D eigenvalue weighted by Gasteiger charge is 2.11. The number of carbonyl (C=O) groups is 2. The molecule has 0 bridgehead atoms. The van der Waals surface area contributed by atoms with Crippen molar-refractivity contribution in [2.24, 2.45) is 11.7 Å². The molecule has 5 heteroatoms. The third kappa shape index (κ3) is 6.16. The molecule has 0 aliphatic rings. The van der Waals surface area contributed by atoms with Crippen LogP contribution in [-0.2, 0) is 4.79 Å². The molecule has 0 aliphatic carbocycles. The molecule has 0 aromatic heterocycles. The summed E-state index contributed by atoms with van der Waals surface area (Å²) in [7, 11) is 0. The van der Waals surface area contributed by atoms with Crippen LogP contribution < -0.4 is 15.8 Å². The zero-order chi connectivity index (χ0) is 16.4. The number of primary amides is 1. The number of hydrogen-bond acceptors (Lipinski definition) is 3. The van der Waals surface area contributed by atoms with E-state index in [2.05, 4.69) is 19.2 Å². The summed E-state index contributed by atoms with van der Waals surface area (Å²) in [5, 5.41) is 2.88. The minimum absolute atomic E-state index is 0.117. The summed E-state index contributed by atoms with van der Waals surface area (Å²) in [4.78, 5) is 23.1. The van der Waals surface area contributed by atoms with E-state index in [1.54, 1.807) is 24.3 Å². The maximum absolute atomic E-state index is 11.8. The maximum Gasteiger partial charge on any atom is 0.257 e. The highest BCUT2D eigenvalue weighted by atomic mass is 16.5. The van der Waals surface area contributed by atoms with Gasteiger partial charge in [0.25, 0.3) is 11.8 Å². The number of unbranched alkanes of at least 4 members (excludes halogenated alkanes) is 1. The Bertz CT molecular complexity index is 489. The Morgan fingerprint density at radius 3 is 2.64 bits per heavy atom. The van der Waals surface area contributed by atoms with E-state index in [0.717, 1.165) is 19.3 Å². The number of nitrogens with one attached hydrogen (secondary N) is 1. The molecule has 1 atom stereocenters. The Balaban J connectivity index is 2.42. The Kier molecular flexibility index (Phi) is 8.04. The van der Waals surface area contributed by atoms with Crippen molar-refractivity contribution < 1.29 is 14.3 Å². The molecular weight excluding hydrogens is 280 g/mol. The van der Waals surface area contributed by atoms with Crippen LogP contribution in [0.3, 0.4) is 0 Å². The van der Waals surface area contributed by atoms with Gasteiger partial charge in [0.05, 0.1) is 5.56 Å². The van der Waals surface area contributed by atoms with Crippen molar-refractivity contribution in [2.45, 2.75) is 39.5 Å². The second-order valence-electron chi connectivity index (χ2n) is 5.37. The van der Waals surface area contributed by atoms with E-state index < -0.39 is 5.91 Å². The summed E-state index contributed by atoms with van der Waals surface area (Å²) in [6.07, 6.45) is 4.51. The minimum atomic E-state index is -0.568. The van der Waals surface area contributed by atoms with Gasteiger partial charge in [-0.05, 0) is 24.5 Å². The van der Waals surface area contributed by atoms with Gasteiger partial charge in [-0.15, -0.1) is 0 Å². The predicted octanol–water partition coefficient (Wildman–Crippen LogP) is 2.50. The van der Waals surface area contributed by atoms with Gasteiger partial charge in [0.2, 0.25) is 0 Å². The maximum atomic E-state index is 11.8. The lowest BCUT2D eigenvalue weighted by molar-refractivity contribution is -0.123. The molecule has 0 unspecified atom stereocenters. The summed E-state index contributed by atoms with van der Waals surface area (Å²) >= 11 is 0. The molecule has 0 spiro atoms. The van der Waals surface area contributed by atoms with E-state index in [0.29, 0.717) is 18.2 Å². The molecule has 0 fully saturated rings. The highest BCUT2D eigenvalue weighted by Crippen LogP contribution is 2.17. The van der Waals surface area contributed by atoms with Gasteiger partial charge in [-0.3, -0.25) is 9.59 Å². The van der Waals surface area contributed by atoms with Crippen LogP contribution in [0.4, 0.5) is 0 Å². The first kappa shape index (κ1) is 18.0. The number of nitrogens with two attached hydrogens (primary N) is 1. The third-order valence-corrected chi connectivity index (χ3v) is 3.64. The Hall–Kier alpha value is -2.04. The molecule has 0 radical (unpaired) electrons. The number of amides is 2. The van der Waals surface area contributed by atoms with Crippen LogP contribution in [0.1, 0.15) is 49.9 Å². The predicted molar refractivity (Wildman–Crippen MR) is 86.8 cm³/mol. The van der Waals surface area contributed by atoms with Crippen molar-refractivity contribution >= 4 is 11.8 Å². The van der Waals surface area contributed by atoms with Crippen molar-refractivity contribution in [3.63, 3.8) is 0 Å². The molecule has 1 aromatic carbocycles. The second kappa shape index (κ2) is 9.82. The van der Waals surface area contributed by atoms with E-state index in [-0.39, 0.29) is 18.1 Å². The monoisotopic (exact) mass is 306 g/mol. The zero-order valence-corrected chi connectivity index (χ0v) is 13.4. The Morgan fingerprint density at radius 1 is 1.27 bits per heavy atom. The zero-order valence-electron chi connectivity index (χ0n) is 13.4. The lowest BCUT2D eigenvalue weighted by Crippen LogP contribution is -2.33. The quantitative estimate of drug-likeness (QED) is 0.697. The van der Waals surface area contributed by atoms with Gasteiger partial charge >= 0.3 is 0 Å². The highest BCUT2D eigenvalue weighted by molar-refractivity contribution is 5.95. The van der Waals surface area contributed by atoms with Crippen LogP contribution >= 0.6 is 0 Å². The average Bonchev–Trinajstić information content (AvgIpc) is 2.53. The number of benzene rings is 1. The van der Waals surface area contributed by atoms with Gasteiger partial charge in [0.1, 0.15) is 5.75 Å². The lowest BCUT2D eigenvalue weighted by Gasteiger charge is -2.15. The normalized spacial score (nSPS) is 11.7. The molecule has 5 nitrogen and oxygen atoms in total. The number of ether oxygens (including phenoxy) is 1. The average molecular weight is 306 g/mol. The Morgan fingerprint density at radius 2 is 2.00 bits per heavy atom. The van der Waals surface area contributed by atoms with Gasteiger partial charge in [-0.25, -0.2) is 0 Å². The fourth-order valence-corrected chi connectivity index (χ4v) is 2.19. The van der Waals surface area contributed by atoms with Crippen molar-refractivity contribution in [1.82, 2.24) is 5.32 Å². The van der Waals surface area contributed by atoms with Crippen molar-refractivity contribution in [1.29, 1.82) is 0 Å². The third-order valence-electron chi connectivity index (χ3n) is 3.64. The lowest BCUT2D eigenvalue weighted by atomic mass is 9.99. The topological polar surface area (TPSA) is 81.4 Å². The summed E-state index contributed by atoms with van der Waals surface area (Å²) in [6.45, 7) is 4.84. The minimum Gasteiger partial charge on any atom is -0.483 e. The van der Waals surface area contributed by atoms with Crippen LogP contribution in [-0.4, -0.2) is 25.0 Å². The number of para-hydroxylation sites is 1. The van der Waals surface area contributed by atoms with Gasteiger partial charge in [0, 0.05) is 6.54 Å². The van der Waals surface area contributed by atoms with Crippen LogP contribution in [0.15, 0.2) is 24.3 Å². The first-order valence-electron chi connectivity index (χ1n) is 7.86. The molecule has 0 saturated heterocycles. The number of rotatable bonds is 10.